The van der Waals surface area contributed by atoms with Crippen LogP contribution in [-0.4, -0.2) is 34.4 Å². The molecule has 2 aliphatic rings. The Kier molecular flexibility index (Phi) is 4.21. The van der Waals surface area contributed by atoms with Crippen molar-refractivity contribution in [3.8, 4) is 5.69 Å². The van der Waals surface area contributed by atoms with Crippen LogP contribution in [0.25, 0.3) is 5.69 Å². The minimum Gasteiger partial charge on any atom is -0.378 e. The summed E-state index contributed by atoms with van der Waals surface area (Å²) in [6.07, 6.45) is 4.10. The second kappa shape index (κ2) is 6.52. The van der Waals surface area contributed by atoms with E-state index < -0.39 is 0 Å². The van der Waals surface area contributed by atoms with Crippen LogP contribution >= 0.6 is 0 Å². The summed E-state index contributed by atoms with van der Waals surface area (Å²) in [4.78, 5) is 24.5. The van der Waals surface area contributed by atoms with E-state index in [4.69, 9.17) is 4.74 Å². The van der Waals surface area contributed by atoms with Gasteiger partial charge in [0.2, 0.25) is 0 Å². The highest BCUT2D eigenvalue weighted by Crippen LogP contribution is 2.38. The van der Waals surface area contributed by atoms with Crippen LogP contribution in [0.2, 0.25) is 0 Å². The Balaban J connectivity index is 1.44. The maximum atomic E-state index is 12.4. The second-order valence-corrected chi connectivity index (χ2v) is 6.93. The number of nitrogens with one attached hydrogen (secondary N) is 2. The van der Waals surface area contributed by atoms with Crippen molar-refractivity contribution in [1.29, 1.82) is 0 Å². The van der Waals surface area contributed by atoms with E-state index in [1.165, 1.54) is 4.68 Å². The van der Waals surface area contributed by atoms with Crippen molar-refractivity contribution >= 4 is 5.91 Å². The Morgan fingerprint density at radius 3 is 2.88 bits per heavy atom. The zero-order chi connectivity index (χ0) is 17.4. The van der Waals surface area contributed by atoms with Crippen molar-refractivity contribution in [3.05, 3.63) is 51.9 Å². The normalized spacial score (nSPS) is 24.6. The number of benzene rings is 1. The standard InChI is InChI=1S/C19H23N3O3/c1-2-3-13-10-18(23)22(21-13)14-6-4-12(5-7-14)19(24)20-16-11-17-15(16)8-9-25-17/h4-7,10,15-17,21H,2-3,8-9,11H2,1H3,(H,20,24)/t15-,16+,17+/m1/s1. The highest BCUT2D eigenvalue weighted by molar-refractivity contribution is 5.94. The molecule has 6 heteroatoms. The molecule has 0 spiro atoms. The number of amides is 1. The Hall–Kier alpha value is -2.34. The molecule has 25 heavy (non-hydrogen) atoms. The highest BCUT2D eigenvalue weighted by Gasteiger charge is 2.45. The van der Waals surface area contributed by atoms with Crippen LogP contribution in [0.5, 0.6) is 0 Å². The Labute approximate surface area is 146 Å². The van der Waals surface area contributed by atoms with Crippen molar-refractivity contribution < 1.29 is 9.53 Å². The van der Waals surface area contributed by atoms with E-state index in [-0.39, 0.29) is 17.5 Å². The third-order valence-electron chi connectivity index (χ3n) is 5.26. The number of hydrogen-bond donors (Lipinski definition) is 2. The molecule has 0 bridgehead atoms. The number of aryl methyl sites for hydroxylation is 1. The number of ether oxygens (including phenoxy) is 1. The van der Waals surface area contributed by atoms with Crippen LogP contribution in [0.4, 0.5) is 0 Å². The predicted octanol–water partition coefficient (Wildman–Crippen LogP) is 2.03. The Bertz CT molecular complexity index is 821. The smallest absolute Gasteiger partial charge is 0.271 e. The van der Waals surface area contributed by atoms with Crippen molar-refractivity contribution in [2.45, 2.75) is 44.8 Å². The largest absolute Gasteiger partial charge is 0.378 e. The third kappa shape index (κ3) is 3.02. The number of carbonyl (C=O) groups is 1. The summed E-state index contributed by atoms with van der Waals surface area (Å²) < 4.78 is 7.09. The van der Waals surface area contributed by atoms with Crippen LogP contribution in [0.3, 0.4) is 0 Å². The van der Waals surface area contributed by atoms with Gasteiger partial charge in [-0.1, -0.05) is 13.3 Å². The molecule has 1 saturated heterocycles. The lowest BCUT2D eigenvalue weighted by molar-refractivity contribution is 0.00810. The van der Waals surface area contributed by atoms with Crippen molar-refractivity contribution in [2.75, 3.05) is 6.61 Å². The predicted molar refractivity (Wildman–Crippen MR) is 94.1 cm³/mol. The number of rotatable bonds is 5. The molecule has 1 aromatic heterocycles. The molecule has 1 amide bonds. The first-order valence-corrected chi connectivity index (χ1v) is 8.99. The molecule has 4 rings (SSSR count). The van der Waals surface area contributed by atoms with E-state index in [1.54, 1.807) is 30.3 Å². The van der Waals surface area contributed by atoms with Gasteiger partial charge in [-0.15, -0.1) is 0 Å². The minimum absolute atomic E-state index is 0.0626. The first-order chi connectivity index (χ1) is 12.2. The maximum Gasteiger partial charge on any atom is 0.271 e. The molecule has 1 aromatic carbocycles. The monoisotopic (exact) mass is 341 g/mol. The van der Waals surface area contributed by atoms with Gasteiger partial charge in [-0.05, 0) is 43.5 Å². The van der Waals surface area contributed by atoms with Crippen molar-refractivity contribution in [2.24, 2.45) is 5.92 Å². The molecule has 132 valence electrons. The molecule has 3 atom stereocenters. The fourth-order valence-corrected chi connectivity index (χ4v) is 3.81. The minimum atomic E-state index is -0.0811. The van der Waals surface area contributed by atoms with Gasteiger partial charge in [0.25, 0.3) is 11.5 Å². The highest BCUT2D eigenvalue weighted by atomic mass is 16.5. The molecule has 1 aliphatic heterocycles. The third-order valence-corrected chi connectivity index (χ3v) is 5.26. The van der Waals surface area contributed by atoms with Gasteiger partial charge in [-0.2, -0.15) is 0 Å². The number of nitrogens with zero attached hydrogens (tertiary/aromatic N) is 1. The number of H-pyrrole nitrogens is 1. The van der Waals surface area contributed by atoms with Gasteiger partial charge in [0.05, 0.1) is 11.8 Å². The van der Waals surface area contributed by atoms with Crippen LogP contribution in [0, 0.1) is 5.92 Å². The van der Waals surface area contributed by atoms with Crippen LogP contribution < -0.4 is 10.9 Å². The SMILES string of the molecule is CCCc1cc(=O)n(-c2ccc(C(=O)N[C@H]3C[C@@H]4OCC[C@H]34)cc2)[nH]1. The fourth-order valence-electron chi connectivity index (χ4n) is 3.81. The second-order valence-electron chi connectivity index (χ2n) is 6.93. The molecule has 2 aromatic rings. The van der Waals surface area contributed by atoms with Crippen molar-refractivity contribution in [3.63, 3.8) is 0 Å². The summed E-state index contributed by atoms with van der Waals surface area (Å²) in [5.41, 5.74) is 2.19. The Morgan fingerprint density at radius 1 is 1.36 bits per heavy atom. The topological polar surface area (TPSA) is 76.1 Å². The molecule has 2 fully saturated rings. The molecule has 2 heterocycles. The van der Waals surface area contributed by atoms with Gasteiger partial charge in [0, 0.05) is 35.9 Å². The van der Waals surface area contributed by atoms with Gasteiger partial charge in [-0.3, -0.25) is 14.7 Å². The van der Waals surface area contributed by atoms with E-state index in [1.807, 2.05) is 0 Å². The number of carbonyl (C=O) groups excluding carboxylic acids is 1. The molecule has 0 radical (unpaired) electrons. The molecular formula is C19H23N3O3. The van der Waals surface area contributed by atoms with Crippen molar-refractivity contribution in [1.82, 2.24) is 15.1 Å². The fraction of sp³-hybridized carbons (Fsp3) is 0.474. The number of aromatic amines is 1. The van der Waals surface area contributed by atoms with Crippen LogP contribution in [-0.2, 0) is 11.2 Å². The Morgan fingerprint density at radius 2 is 2.16 bits per heavy atom. The molecule has 1 saturated carbocycles. The average molecular weight is 341 g/mol. The summed E-state index contributed by atoms with van der Waals surface area (Å²) in [6.45, 7) is 2.88. The number of hydrogen-bond acceptors (Lipinski definition) is 3. The molecule has 2 N–H and O–H groups in total. The van der Waals surface area contributed by atoms with E-state index in [9.17, 15) is 9.59 Å². The van der Waals surface area contributed by atoms with Gasteiger partial charge < -0.3 is 10.1 Å². The lowest BCUT2D eigenvalue weighted by Crippen LogP contribution is -2.53. The van der Waals surface area contributed by atoms with Crippen LogP contribution in [0.15, 0.2) is 35.1 Å². The molecule has 1 aliphatic carbocycles. The summed E-state index contributed by atoms with van der Waals surface area (Å²) >= 11 is 0. The molecule has 6 nitrogen and oxygen atoms in total. The zero-order valence-corrected chi connectivity index (χ0v) is 14.3. The van der Waals surface area contributed by atoms with Gasteiger partial charge in [0.15, 0.2) is 0 Å². The number of aromatic nitrogens is 2. The molecular weight excluding hydrogens is 318 g/mol. The van der Waals surface area contributed by atoms with E-state index >= 15 is 0 Å². The lowest BCUT2D eigenvalue weighted by Gasteiger charge is -2.39. The quantitative estimate of drug-likeness (QED) is 0.874. The first kappa shape index (κ1) is 16.1. The van der Waals surface area contributed by atoms with E-state index in [0.717, 1.165) is 43.7 Å². The summed E-state index contributed by atoms with van der Waals surface area (Å²) in [5.74, 6) is 0.408. The van der Waals surface area contributed by atoms with E-state index in [0.29, 0.717) is 17.6 Å². The summed E-state index contributed by atoms with van der Waals surface area (Å²) in [7, 11) is 0. The van der Waals surface area contributed by atoms with Gasteiger partial charge >= 0.3 is 0 Å². The van der Waals surface area contributed by atoms with Gasteiger partial charge in [-0.25, -0.2) is 4.68 Å². The molecule has 0 unspecified atom stereocenters. The first-order valence-electron chi connectivity index (χ1n) is 8.99. The van der Waals surface area contributed by atoms with Gasteiger partial charge in [0.1, 0.15) is 0 Å². The average Bonchev–Trinajstić information content (AvgIpc) is 3.15. The zero-order valence-electron chi connectivity index (χ0n) is 14.3. The summed E-state index contributed by atoms with van der Waals surface area (Å²) in [5, 5.41) is 6.21. The van der Waals surface area contributed by atoms with E-state index in [2.05, 4.69) is 17.3 Å². The van der Waals surface area contributed by atoms with Crippen LogP contribution in [0.1, 0.15) is 42.2 Å². The lowest BCUT2D eigenvalue weighted by atomic mass is 9.76. The maximum absolute atomic E-state index is 12.4. The number of fused-ring (bicyclic) bond motifs is 1. The summed E-state index contributed by atoms with van der Waals surface area (Å²) in [6, 6.07) is 8.97.